The smallest absolute Gasteiger partial charge is 0.259 e. The van der Waals surface area contributed by atoms with Crippen molar-refractivity contribution < 1.29 is 8.42 Å². The van der Waals surface area contributed by atoms with Crippen molar-refractivity contribution in [3.8, 4) is 6.07 Å². The Hall–Kier alpha value is -1.20. The second-order valence-electron chi connectivity index (χ2n) is 3.78. The van der Waals surface area contributed by atoms with Crippen LogP contribution in [0.2, 0.25) is 0 Å². The van der Waals surface area contributed by atoms with E-state index in [0.29, 0.717) is 6.54 Å². The van der Waals surface area contributed by atoms with Gasteiger partial charge in [-0.15, -0.1) is 12.4 Å². The van der Waals surface area contributed by atoms with Crippen molar-refractivity contribution in [2.75, 3.05) is 13.1 Å². The molecule has 0 aliphatic carbocycles. The van der Waals surface area contributed by atoms with Crippen LogP contribution >= 0.6 is 12.4 Å². The number of sulfonamides is 1. The molecule has 1 aliphatic rings. The van der Waals surface area contributed by atoms with Crippen LogP contribution in [0.5, 0.6) is 0 Å². The standard InChI is InChI=1S/C10H12N4O2S.ClH/c11-6-8-2-1-4-13-10(8)17(15,16)14-9-3-5-12-7-9;/h1-2,4,9,12,14H,3,5,7H2;1H/t9-;/m0./s1. The molecule has 1 aliphatic heterocycles. The van der Waals surface area contributed by atoms with E-state index in [-0.39, 0.29) is 29.0 Å². The molecule has 0 aromatic carbocycles. The van der Waals surface area contributed by atoms with Crippen LogP contribution < -0.4 is 10.0 Å². The maximum atomic E-state index is 12.0. The lowest BCUT2D eigenvalue weighted by atomic mass is 10.3. The molecule has 98 valence electrons. The van der Waals surface area contributed by atoms with Gasteiger partial charge in [0.05, 0.1) is 5.56 Å². The fraction of sp³-hybridized carbons (Fsp3) is 0.400. The van der Waals surface area contributed by atoms with E-state index in [0.717, 1.165) is 13.0 Å². The van der Waals surface area contributed by atoms with Gasteiger partial charge in [0.1, 0.15) is 6.07 Å². The molecule has 8 heteroatoms. The molecule has 18 heavy (non-hydrogen) atoms. The highest BCUT2D eigenvalue weighted by Gasteiger charge is 2.25. The van der Waals surface area contributed by atoms with Gasteiger partial charge in [0.25, 0.3) is 10.0 Å². The number of nitrogens with one attached hydrogen (secondary N) is 2. The van der Waals surface area contributed by atoms with Gasteiger partial charge in [0.2, 0.25) is 0 Å². The summed E-state index contributed by atoms with van der Waals surface area (Å²) in [4.78, 5) is 3.77. The molecule has 0 saturated carbocycles. The molecule has 1 atom stereocenters. The highest BCUT2D eigenvalue weighted by atomic mass is 35.5. The number of pyridine rings is 1. The van der Waals surface area contributed by atoms with Gasteiger partial charge >= 0.3 is 0 Å². The Kier molecular flexibility index (Phi) is 5.04. The Morgan fingerprint density at radius 3 is 2.94 bits per heavy atom. The van der Waals surface area contributed by atoms with Crippen LogP contribution in [0.15, 0.2) is 23.4 Å². The zero-order chi connectivity index (χ0) is 12.3. The maximum Gasteiger partial charge on any atom is 0.259 e. The number of nitriles is 1. The average Bonchev–Trinajstić information content (AvgIpc) is 2.81. The Bertz CT molecular complexity index is 549. The van der Waals surface area contributed by atoms with Crippen LogP contribution in [0.4, 0.5) is 0 Å². The molecule has 0 unspecified atom stereocenters. The van der Waals surface area contributed by atoms with Crippen LogP contribution in [0.1, 0.15) is 12.0 Å². The van der Waals surface area contributed by atoms with Crippen LogP contribution in [0.25, 0.3) is 0 Å². The Balaban J connectivity index is 0.00000162. The number of halogens is 1. The van der Waals surface area contributed by atoms with E-state index in [1.165, 1.54) is 18.3 Å². The van der Waals surface area contributed by atoms with E-state index in [4.69, 9.17) is 5.26 Å². The third-order valence-corrected chi connectivity index (χ3v) is 4.01. The molecule has 1 aromatic heterocycles. The van der Waals surface area contributed by atoms with Crippen molar-refractivity contribution in [3.63, 3.8) is 0 Å². The summed E-state index contributed by atoms with van der Waals surface area (Å²) in [7, 11) is -3.71. The van der Waals surface area contributed by atoms with Gasteiger partial charge in [-0.25, -0.2) is 18.1 Å². The van der Waals surface area contributed by atoms with Gasteiger partial charge in [-0.3, -0.25) is 0 Å². The van der Waals surface area contributed by atoms with Gasteiger partial charge in [0, 0.05) is 18.8 Å². The zero-order valence-corrected chi connectivity index (χ0v) is 11.1. The first-order valence-corrected chi connectivity index (χ1v) is 6.70. The van der Waals surface area contributed by atoms with E-state index >= 15 is 0 Å². The van der Waals surface area contributed by atoms with Crippen molar-refractivity contribution in [1.29, 1.82) is 5.26 Å². The van der Waals surface area contributed by atoms with Gasteiger partial charge in [-0.1, -0.05) is 0 Å². The number of nitrogens with zero attached hydrogens (tertiary/aromatic N) is 2. The van der Waals surface area contributed by atoms with E-state index in [1.54, 1.807) is 0 Å². The summed E-state index contributed by atoms with van der Waals surface area (Å²) in [6, 6.07) is 4.67. The summed E-state index contributed by atoms with van der Waals surface area (Å²) in [5, 5.41) is 11.7. The van der Waals surface area contributed by atoms with Gasteiger partial charge in [-0.05, 0) is 25.1 Å². The van der Waals surface area contributed by atoms with Crippen molar-refractivity contribution in [2.24, 2.45) is 0 Å². The number of aromatic nitrogens is 1. The van der Waals surface area contributed by atoms with Crippen LogP contribution in [-0.2, 0) is 10.0 Å². The minimum atomic E-state index is -3.71. The molecule has 0 amide bonds. The molecule has 1 fully saturated rings. The SMILES string of the molecule is Cl.N#Cc1cccnc1S(=O)(=O)N[C@H]1CCNC1. The quantitative estimate of drug-likeness (QED) is 0.817. The molecular formula is C10H13ClN4O2S. The van der Waals surface area contributed by atoms with Gasteiger partial charge in [0.15, 0.2) is 5.03 Å². The molecule has 2 N–H and O–H groups in total. The minimum absolute atomic E-state index is 0. The lowest BCUT2D eigenvalue weighted by Gasteiger charge is -2.11. The van der Waals surface area contributed by atoms with Crippen molar-refractivity contribution >= 4 is 22.4 Å². The van der Waals surface area contributed by atoms with Crippen LogP contribution in [-0.4, -0.2) is 32.5 Å². The van der Waals surface area contributed by atoms with E-state index in [2.05, 4.69) is 15.0 Å². The van der Waals surface area contributed by atoms with Crippen LogP contribution in [0.3, 0.4) is 0 Å². The number of hydrogen-bond donors (Lipinski definition) is 2. The molecule has 6 nitrogen and oxygen atoms in total. The van der Waals surface area contributed by atoms with E-state index < -0.39 is 10.0 Å². The predicted molar refractivity (Wildman–Crippen MR) is 67.8 cm³/mol. The highest BCUT2D eigenvalue weighted by molar-refractivity contribution is 7.89. The largest absolute Gasteiger partial charge is 0.315 e. The summed E-state index contributed by atoms with van der Waals surface area (Å²) in [5.41, 5.74) is 0.0611. The third kappa shape index (κ3) is 3.17. The number of rotatable bonds is 3. The maximum absolute atomic E-state index is 12.0. The zero-order valence-electron chi connectivity index (χ0n) is 9.46. The molecular weight excluding hydrogens is 276 g/mol. The second-order valence-corrected chi connectivity index (χ2v) is 5.41. The van der Waals surface area contributed by atoms with Gasteiger partial charge in [-0.2, -0.15) is 5.26 Å². The third-order valence-electron chi connectivity index (χ3n) is 2.53. The molecule has 2 heterocycles. The molecule has 0 radical (unpaired) electrons. The fourth-order valence-electron chi connectivity index (χ4n) is 1.72. The summed E-state index contributed by atoms with van der Waals surface area (Å²) in [6.07, 6.45) is 2.11. The Labute approximate surface area is 112 Å². The summed E-state index contributed by atoms with van der Waals surface area (Å²) in [5.74, 6) is 0. The first-order valence-electron chi connectivity index (χ1n) is 5.21. The monoisotopic (exact) mass is 288 g/mol. The fourth-order valence-corrected chi connectivity index (χ4v) is 3.07. The summed E-state index contributed by atoms with van der Waals surface area (Å²) < 4.78 is 26.6. The highest BCUT2D eigenvalue weighted by Crippen LogP contribution is 2.12. The Morgan fingerprint density at radius 2 is 2.33 bits per heavy atom. The average molecular weight is 289 g/mol. The Morgan fingerprint density at radius 1 is 1.56 bits per heavy atom. The first-order chi connectivity index (χ1) is 8.13. The van der Waals surface area contributed by atoms with Crippen molar-refractivity contribution in [2.45, 2.75) is 17.5 Å². The summed E-state index contributed by atoms with van der Waals surface area (Å²) >= 11 is 0. The van der Waals surface area contributed by atoms with Crippen molar-refractivity contribution in [1.82, 2.24) is 15.0 Å². The first kappa shape index (κ1) is 14.9. The van der Waals surface area contributed by atoms with Gasteiger partial charge < -0.3 is 5.32 Å². The molecule has 0 bridgehead atoms. The predicted octanol–water partition coefficient (Wildman–Crippen LogP) is 0.0153. The van der Waals surface area contributed by atoms with E-state index in [1.807, 2.05) is 6.07 Å². The normalized spacial score (nSPS) is 18.9. The topological polar surface area (TPSA) is 94.9 Å². The molecule has 2 rings (SSSR count). The van der Waals surface area contributed by atoms with Crippen molar-refractivity contribution in [3.05, 3.63) is 23.9 Å². The minimum Gasteiger partial charge on any atom is -0.315 e. The lowest BCUT2D eigenvalue weighted by Crippen LogP contribution is -2.36. The second kappa shape index (κ2) is 6.11. The summed E-state index contributed by atoms with van der Waals surface area (Å²) in [6.45, 7) is 1.40. The molecule has 1 saturated heterocycles. The molecule has 0 spiro atoms. The van der Waals surface area contributed by atoms with Crippen LogP contribution in [0, 0.1) is 11.3 Å². The van der Waals surface area contributed by atoms with E-state index in [9.17, 15) is 8.42 Å². The lowest BCUT2D eigenvalue weighted by molar-refractivity contribution is 0.556. The molecule has 1 aromatic rings. The number of hydrogen-bond acceptors (Lipinski definition) is 5.